The lowest BCUT2D eigenvalue weighted by molar-refractivity contribution is -0.125. The number of aromatic nitrogens is 1. The molecule has 1 heterocycles. The maximum atomic E-state index is 11.1. The van der Waals surface area contributed by atoms with Crippen molar-refractivity contribution < 1.29 is 9.53 Å². The van der Waals surface area contributed by atoms with Crippen LogP contribution < -0.4 is 10.2 Å². The molecule has 0 fully saturated rings. The van der Waals surface area contributed by atoms with Crippen molar-refractivity contribution in [2.24, 2.45) is 0 Å². The molecule has 6 heteroatoms. The summed E-state index contributed by atoms with van der Waals surface area (Å²) in [4.78, 5) is 17.2. The normalized spacial score (nSPS) is 13.3. The van der Waals surface area contributed by atoms with Gasteiger partial charge in [0.05, 0.1) is 11.7 Å². The molecule has 1 aromatic rings. The molecule has 27 heavy (non-hydrogen) atoms. The second kappa shape index (κ2) is 12.4. The first-order chi connectivity index (χ1) is 13.0. The molecule has 1 aliphatic rings. The van der Waals surface area contributed by atoms with Gasteiger partial charge in [0.15, 0.2) is 0 Å². The summed E-state index contributed by atoms with van der Waals surface area (Å²) in [6.45, 7) is 8.39. The van der Waals surface area contributed by atoms with Crippen molar-refractivity contribution in [3.05, 3.63) is 60.5 Å². The van der Waals surface area contributed by atoms with Gasteiger partial charge < -0.3 is 15.0 Å². The van der Waals surface area contributed by atoms with Crippen LogP contribution in [-0.2, 0) is 9.53 Å². The lowest BCUT2D eigenvalue weighted by Crippen LogP contribution is -2.25. The van der Waals surface area contributed by atoms with Gasteiger partial charge in [-0.3, -0.25) is 4.79 Å². The van der Waals surface area contributed by atoms with Crippen LogP contribution in [0.3, 0.4) is 0 Å². The van der Waals surface area contributed by atoms with Crippen molar-refractivity contribution in [2.45, 2.75) is 32.8 Å². The molecule has 1 atom stereocenters. The molecule has 144 valence electrons. The Morgan fingerprint density at radius 2 is 2.30 bits per heavy atom. The van der Waals surface area contributed by atoms with Crippen molar-refractivity contribution >= 4 is 11.7 Å². The summed E-state index contributed by atoms with van der Waals surface area (Å²) < 4.78 is 5.42. The molecular formula is C21H28N4O2. The lowest BCUT2D eigenvalue weighted by Gasteiger charge is -2.15. The number of nitrogens with one attached hydrogen (secondary N) is 1. The maximum absolute atomic E-state index is 11.1. The third-order valence-corrected chi connectivity index (χ3v) is 3.96. The summed E-state index contributed by atoms with van der Waals surface area (Å²) >= 11 is 0. The van der Waals surface area contributed by atoms with Crippen LogP contribution in [0.4, 0.5) is 5.82 Å². The summed E-state index contributed by atoms with van der Waals surface area (Å²) in [6.07, 6.45) is 11.4. The summed E-state index contributed by atoms with van der Waals surface area (Å²) in [5.41, 5.74) is 1.75. The molecule has 0 radical (unpaired) electrons. The number of nitrogens with zero attached hydrogens (tertiary/aromatic N) is 3. The van der Waals surface area contributed by atoms with Crippen LogP contribution in [0.2, 0.25) is 0 Å². The second-order valence-corrected chi connectivity index (χ2v) is 5.94. The Hall–Kier alpha value is -2.91. The van der Waals surface area contributed by atoms with E-state index < -0.39 is 0 Å². The number of pyridine rings is 1. The molecule has 0 bridgehead atoms. The van der Waals surface area contributed by atoms with Crippen LogP contribution in [-0.4, -0.2) is 37.2 Å². The van der Waals surface area contributed by atoms with E-state index in [2.05, 4.69) is 42.0 Å². The molecular weight excluding hydrogens is 340 g/mol. The molecule has 2 rings (SSSR count). The van der Waals surface area contributed by atoms with Gasteiger partial charge in [-0.1, -0.05) is 24.8 Å². The van der Waals surface area contributed by atoms with E-state index >= 15 is 0 Å². The first kappa shape index (κ1) is 22.1. The molecule has 1 N–H and O–H groups in total. The van der Waals surface area contributed by atoms with E-state index in [0.29, 0.717) is 5.56 Å². The van der Waals surface area contributed by atoms with Crippen molar-refractivity contribution in [3.8, 4) is 6.07 Å². The first-order valence-electron chi connectivity index (χ1n) is 8.97. The largest absolute Gasteiger partial charge is 0.364 e. The van der Waals surface area contributed by atoms with Crippen molar-refractivity contribution in [1.29, 1.82) is 5.26 Å². The number of nitriles is 1. The predicted molar refractivity (Wildman–Crippen MR) is 108 cm³/mol. The Morgan fingerprint density at radius 3 is 2.81 bits per heavy atom. The van der Waals surface area contributed by atoms with E-state index in [9.17, 15) is 4.79 Å². The number of rotatable bonds is 7. The minimum absolute atomic E-state index is 0.0304. The number of carbonyl (C=O) groups is 1. The number of hydrogen-bond acceptors (Lipinski definition) is 5. The maximum Gasteiger partial charge on any atom is 0.249 e. The third-order valence-electron chi connectivity index (χ3n) is 3.96. The van der Waals surface area contributed by atoms with Crippen molar-refractivity contribution in [3.63, 3.8) is 0 Å². The van der Waals surface area contributed by atoms with E-state index in [1.165, 1.54) is 6.20 Å². The Morgan fingerprint density at radius 1 is 1.52 bits per heavy atom. The molecule has 0 saturated heterocycles. The van der Waals surface area contributed by atoms with Gasteiger partial charge >= 0.3 is 0 Å². The van der Waals surface area contributed by atoms with Crippen LogP contribution in [0.15, 0.2) is 54.9 Å². The monoisotopic (exact) mass is 368 g/mol. The fraction of sp³-hybridized carbons (Fsp3) is 0.381. The van der Waals surface area contributed by atoms with Gasteiger partial charge in [-0.2, -0.15) is 5.26 Å². The fourth-order valence-electron chi connectivity index (χ4n) is 2.23. The van der Waals surface area contributed by atoms with Crippen LogP contribution in [0.5, 0.6) is 0 Å². The highest BCUT2D eigenvalue weighted by Crippen LogP contribution is 2.15. The standard InChI is InChI=1S/C12H17NO2.C9H11N3/c1-3-13-12(14)9-15-10(2)11-7-5-4-6-8-11;1-3-12(2)9-5-4-8(6-10)7-11-9/h3,5,7-8,10H,1,4,6,9H2,2H3,(H,13,14);4-5,7H,3H2,1-2H3. The zero-order valence-corrected chi connectivity index (χ0v) is 16.3. The third kappa shape index (κ3) is 8.34. The average molecular weight is 368 g/mol. The number of anilines is 1. The molecule has 6 nitrogen and oxygen atoms in total. The number of carbonyl (C=O) groups excluding carboxylic acids is 1. The highest BCUT2D eigenvalue weighted by molar-refractivity contribution is 5.78. The molecule has 1 unspecified atom stereocenters. The number of amides is 1. The predicted octanol–water partition coefficient (Wildman–Crippen LogP) is 3.34. The molecule has 1 amide bonds. The summed E-state index contributed by atoms with van der Waals surface area (Å²) in [5, 5.41) is 11.0. The Bertz CT molecular complexity index is 702. The molecule has 1 aromatic heterocycles. The van der Waals surface area contributed by atoms with Gasteiger partial charge in [-0.05, 0) is 50.6 Å². The van der Waals surface area contributed by atoms with E-state index in [1.54, 1.807) is 12.3 Å². The zero-order valence-electron chi connectivity index (χ0n) is 16.3. The van der Waals surface area contributed by atoms with Gasteiger partial charge in [0, 0.05) is 19.8 Å². The van der Waals surface area contributed by atoms with E-state index in [1.807, 2.05) is 31.0 Å². The summed E-state index contributed by atoms with van der Waals surface area (Å²) in [5.74, 6) is 0.730. The fourth-order valence-corrected chi connectivity index (χ4v) is 2.23. The molecule has 0 aromatic carbocycles. The van der Waals surface area contributed by atoms with Gasteiger partial charge in [0.1, 0.15) is 18.5 Å². The highest BCUT2D eigenvalue weighted by atomic mass is 16.5. The van der Waals surface area contributed by atoms with Gasteiger partial charge in [0.2, 0.25) is 5.91 Å². The van der Waals surface area contributed by atoms with Crippen LogP contribution in [0.25, 0.3) is 0 Å². The van der Waals surface area contributed by atoms with Gasteiger partial charge in [-0.15, -0.1) is 0 Å². The molecule has 1 aliphatic carbocycles. The Labute approximate surface area is 161 Å². The average Bonchev–Trinajstić information content (AvgIpc) is 2.72. The van der Waals surface area contributed by atoms with Crippen LogP contribution in [0.1, 0.15) is 32.3 Å². The van der Waals surface area contributed by atoms with E-state index in [-0.39, 0.29) is 18.6 Å². The molecule has 0 aliphatic heterocycles. The minimum Gasteiger partial charge on any atom is -0.364 e. The number of ether oxygens (including phenoxy) is 1. The van der Waals surface area contributed by atoms with Crippen LogP contribution in [0, 0.1) is 11.3 Å². The molecule has 0 saturated carbocycles. The SMILES string of the molecule is C=CNC(=O)COC(C)C1=CCCC=C1.CCN(C)c1ccc(C#N)cn1. The van der Waals surface area contributed by atoms with Crippen LogP contribution >= 0.6 is 0 Å². The highest BCUT2D eigenvalue weighted by Gasteiger charge is 2.10. The van der Waals surface area contributed by atoms with Gasteiger partial charge in [-0.25, -0.2) is 4.98 Å². The zero-order chi connectivity index (χ0) is 20.1. The minimum atomic E-state index is -0.169. The van der Waals surface area contributed by atoms with Gasteiger partial charge in [0.25, 0.3) is 0 Å². The lowest BCUT2D eigenvalue weighted by atomic mass is 10.0. The summed E-state index contributed by atoms with van der Waals surface area (Å²) in [6, 6.07) is 5.65. The Kier molecular flexibility index (Phi) is 10.2. The molecule has 0 spiro atoms. The first-order valence-corrected chi connectivity index (χ1v) is 8.97. The van der Waals surface area contributed by atoms with E-state index in [4.69, 9.17) is 10.00 Å². The number of allylic oxidation sites excluding steroid dienone is 2. The van der Waals surface area contributed by atoms with E-state index in [0.717, 1.165) is 30.8 Å². The number of hydrogen-bond donors (Lipinski definition) is 1. The van der Waals surface area contributed by atoms with Crippen molar-refractivity contribution in [1.82, 2.24) is 10.3 Å². The second-order valence-electron chi connectivity index (χ2n) is 5.94. The topological polar surface area (TPSA) is 78.2 Å². The summed E-state index contributed by atoms with van der Waals surface area (Å²) in [7, 11) is 1.97. The van der Waals surface area contributed by atoms with Crippen molar-refractivity contribution in [2.75, 3.05) is 25.1 Å². The Balaban J connectivity index is 0.000000277. The quantitative estimate of drug-likeness (QED) is 0.799. The smallest absolute Gasteiger partial charge is 0.249 e.